The van der Waals surface area contributed by atoms with Crippen LogP contribution in [-0.2, 0) is 4.74 Å². The molecule has 3 heteroatoms. The van der Waals surface area contributed by atoms with E-state index in [4.69, 9.17) is 4.74 Å². The molecule has 0 aliphatic rings. The van der Waals surface area contributed by atoms with Gasteiger partial charge in [-0.25, -0.2) is 0 Å². The molecule has 0 aliphatic carbocycles. The lowest BCUT2D eigenvalue weighted by Gasteiger charge is -2.25. The number of thioether (sulfide) groups is 1. The van der Waals surface area contributed by atoms with E-state index >= 15 is 0 Å². The van der Waals surface area contributed by atoms with E-state index in [0.717, 1.165) is 25.3 Å². The number of methoxy groups -OCH3 is 1. The molecule has 0 saturated heterocycles. The van der Waals surface area contributed by atoms with Crippen LogP contribution in [0, 0.1) is 0 Å². The minimum Gasteiger partial charge on any atom is -0.385 e. The monoisotopic (exact) mass is 281 g/mol. The van der Waals surface area contributed by atoms with Crippen molar-refractivity contribution in [1.29, 1.82) is 0 Å². The van der Waals surface area contributed by atoms with Gasteiger partial charge in [-0.15, -0.1) is 0 Å². The summed E-state index contributed by atoms with van der Waals surface area (Å²) in [5.41, 5.74) is 1.39. The van der Waals surface area contributed by atoms with Crippen molar-refractivity contribution in [2.24, 2.45) is 0 Å². The van der Waals surface area contributed by atoms with Gasteiger partial charge in [0.15, 0.2) is 0 Å². The lowest BCUT2D eigenvalue weighted by molar-refractivity contribution is 0.200. The Morgan fingerprint density at radius 2 is 2.00 bits per heavy atom. The van der Waals surface area contributed by atoms with Crippen LogP contribution in [0.2, 0.25) is 0 Å². The van der Waals surface area contributed by atoms with Crippen LogP contribution in [0.15, 0.2) is 30.3 Å². The summed E-state index contributed by atoms with van der Waals surface area (Å²) in [5, 5.41) is 4.25. The maximum absolute atomic E-state index is 5.10. The molecule has 108 valence electrons. The van der Waals surface area contributed by atoms with Gasteiger partial charge < -0.3 is 10.1 Å². The largest absolute Gasteiger partial charge is 0.385 e. The molecular formula is C16H27NOS. The highest BCUT2D eigenvalue weighted by Gasteiger charge is 2.18. The maximum Gasteiger partial charge on any atom is 0.0470 e. The summed E-state index contributed by atoms with van der Waals surface area (Å²) in [6.07, 6.45) is 2.30. The summed E-state index contributed by atoms with van der Waals surface area (Å²) >= 11 is 2.03. The second-order valence-electron chi connectivity index (χ2n) is 4.76. The van der Waals surface area contributed by atoms with Crippen LogP contribution >= 0.6 is 11.8 Å². The van der Waals surface area contributed by atoms with Crippen LogP contribution in [-0.4, -0.2) is 31.3 Å². The minimum atomic E-state index is 0.439. The first-order valence-electron chi connectivity index (χ1n) is 7.18. The van der Waals surface area contributed by atoms with Crippen LogP contribution in [0.3, 0.4) is 0 Å². The second kappa shape index (κ2) is 10.3. The Hall–Kier alpha value is -0.510. The molecule has 0 spiro atoms. The minimum absolute atomic E-state index is 0.439. The molecule has 1 aromatic rings. The summed E-state index contributed by atoms with van der Waals surface area (Å²) in [4.78, 5) is 0. The van der Waals surface area contributed by atoms with Crippen molar-refractivity contribution in [1.82, 2.24) is 5.32 Å². The first-order valence-corrected chi connectivity index (χ1v) is 8.23. The molecule has 0 aromatic heterocycles. The van der Waals surface area contributed by atoms with E-state index < -0.39 is 0 Å². The zero-order chi connectivity index (χ0) is 13.9. The fourth-order valence-electron chi connectivity index (χ4n) is 2.08. The first kappa shape index (κ1) is 16.5. The molecule has 2 atom stereocenters. The summed E-state index contributed by atoms with van der Waals surface area (Å²) in [6, 6.07) is 11.2. The predicted molar refractivity (Wildman–Crippen MR) is 85.9 cm³/mol. The second-order valence-corrected chi connectivity index (χ2v) is 6.25. The van der Waals surface area contributed by atoms with E-state index in [-0.39, 0.29) is 0 Å². The summed E-state index contributed by atoms with van der Waals surface area (Å²) in [5.74, 6) is 1.16. The van der Waals surface area contributed by atoms with Gasteiger partial charge in [-0.05, 0) is 30.7 Å². The SMILES string of the molecule is CCCNC(c1ccccc1)C(C)SCCCOC. The Morgan fingerprint density at radius 3 is 2.63 bits per heavy atom. The smallest absolute Gasteiger partial charge is 0.0470 e. The Morgan fingerprint density at radius 1 is 1.26 bits per heavy atom. The van der Waals surface area contributed by atoms with Crippen LogP contribution in [0.5, 0.6) is 0 Å². The van der Waals surface area contributed by atoms with Crippen molar-refractivity contribution < 1.29 is 4.74 Å². The molecule has 0 aliphatic heterocycles. The lowest BCUT2D eigenvalue weighted by Crippen LogP contribution is -2.29. The summed E-state index contributed by atoms with van der Waals surface area (Å²) in [6.45, 7) is 6.46. The maximum atomic E-state index is 5.10. The third-order valence-corrected chi connectivity index (χ3v) is 4.44. The van der Waals surface area contributed by atoms with Crippen LogP contribution < -0.4 is 5.32 Å². The summed E-state index contributed by atoms with van der Waals surface area (Å²) < 4.78 is 5.10. The van der Waals surface area contributed by atoms with E-state index in [1.165, 1.54) is 12.0 Å². The van der Waals surface area contributed by atoms with Crippen LogP contribution in [0.4, 0.5) is 0 Å². The molecule has 1 N–H and O–H groups in total. The van der Waals surface area contributed by atoms with Crippen LogP contribution in [0.1, 0.15) is 38.3 Å². The number of hydrogen-bond acceptors (Lipinski definition) is 3. The molecule has 1 rings (SSSR count). The van der Waals surface area contributed by atoms with E-state index in [2.05, 4.69) is 49.5 Å². The Bertz CT molecular complexity index is 318. The van der Waals surface area contributed by atoms with Crippen LogP contribution in [0.25, 0.3) is 0 Å². The zero-order valence-electron chi connectivity index (χ0n) is 12.4. The fraction of sp³-hybridized carbons (Fsp3) is 0.625. The number of rotatable bonds is 10. The van der Waals surface area contributed by atoms with E-state index in [9.17, 15) is 0 Å². The van der Waals surface area contributed by atoms with Crippen molar-refractivity contribution in [2.75, 3.05) is 26.0 Å². The van der Waals surface area contributed by atoms with Gasteiger partial charge in [-0.3, -0.25) is 0 Å². The van der Waals surface area contributed by atoms with Gasteiger partial charge >= 0.3 is 0 Å². The number of nitrogens with one attached hydrogen (secondary N) is 1. The molecule has 1 aromatic carbocycles. The van der Waals surface area contributed by atoms with Gasteiger partial charge in [0.05, 0.1) is 0 Å². The highest BCUT2D eigenvalue weighted by molar-refractivity contribution is 7.99. The first-order chi connectivity index (χ1) is 9.29. The molecule has 2 unspecified atom stereocenters. The third-order valence-electron chi connectivity index (χ3n) is 3.12. The van der Waals surface area contributed by atoms with Gasteiger partial charge in [-0.1, -0.05) is 44.2 Å². The number of hydrogen-bond donors (Lipinski definition) is 1. The number of ether oxygens (including phenoxy) is 1. The highest BCUT2D eigenvalue weighted by Crippen LogP contribution is 2.26. The van der Waals surface area contributed by atoms with E-state index in [0.29, 0.717) is 11.3 Å². The standard InChI is InChI=1S/C16H27NOS/c1-4-11-17-16(15-9-6-5-7-10-15)14(2)19-13-8-12-18-3/h5-7,9-10,14,16-17H,4,8,11-13H2,1-3H3. The van der Waals surface area contributed by atoms with Crippen molar-refractivity contribution >= 4 is 11.8 Å². The average Bonchev–Trinajstić information content (AvgIpc) is 2.45. The molecular weight excluding hydrogens is 254 g/mol. The van der Waals surface area contributed by atoms with Crippen molar-refractivity contribution in [3.05, 3.63) is 35.9 Å². The Balaban J connectivity index is 2.53. The predicted octanol–water partition coefficient (Wildman–Crippen LogP) is 3.89. The van der Waals surface area contributed by atoms with Gasteiger partial charge in [0, 0.05) is 25.0 Å². The van der Waals surface area contributed by atoms with Crippen molar-refractivity contribution in [2.45, 2.75) is 38.0 Å². The van der Waals surface area contributed by atoms with Gasteiger partial charge in [0.1, 0.15) is 0 Å². The van der Waals surface area contributed by atoms with Gasteiger partial charge in [-0.2, -0.15) is 11.8 Å². The normalized spacial score (nSPS) is 14.3. The van der Waals surface area contributed by atoms with E-state index in [1.54, 1.807) is 7.11 Å². The fourth-order valence-corrected chi connectivity index (χ4v) is 3.19. The van der Waals surface area contributed by atoms with Crippen molar-refractivity contribution in [3.63, 3.8) is 0 Å². The topological polar surface area (TPSA) is 21.3 Å². The highest BCUT2D eigenvalue weighted by atomic mass is 32.2. The Labute approximate surface area is 122 Å². The molecule has 0 amide bonds. The molecule has 19 heavy (non-hydrogen) atoms. The number of benzene rings is 1. The molecule has 0 heterocycles. The molecule has 0 fully saturated rings. The quantitative estimate of drug-likeness (QED) is 0.658. The zero-order valence-corrected chi connectivity index (χ0v) is 13.2. The molecule has 0 radical (unpaired) electrons. The Kier molecular flexibility index (Phi) is 8.97. The van der Waals surface area contributed by atoms with Gasteiger partial charge in [0.2, 0.25) is 0 Å². The van der Waals surface area contributed by atoms with Crippen molar-refractivity contribution in [3.8, 4) is 0 Å². The molecule has 0 saturated carbocycles. The third kappa shape index (κ3) is 6.46. The van der Waals surface area contributed by atoms with E-state index in [1.807, 2.05) is 11.8 Å². The lowest BCUT2D eigenvalue weighted by atomic mass is 10.0. The molecule has 0 bridgehead atoms. The average molecular weight is 281 g/mol. The summed E-state index contributed by atoms with van der Waals surface area (Å²) in [7, 11) is 1.77. The van der Waals surface area contributed by atoms with Gasteiger partial charge in [0.25, 0.3) is 0 Å². The molecule has 2 nitrogen and oxygen atoms in total.